The number of carbonyl (C=O) groups is 1. The summed E-state index contributed by atoms with van der Waals surface area (Å²) in [5.41, 5.74) is 2.61. The number of carbonyl (C=O) groups excluding carboxylic acids is 1. The van der Waals surface area contributed by atoms with Crippen molar-refractivity contribution in [1.82, 2.24) is 0 Å². The van der Waals surface area contributed by atoms with Gasteiger partial charge in [-0.15, -0.1) is 0 Å². The molecule has 0 heterocycles. The van der Waals surface area contributed by atoms with E-state index >= 15 is 0 Å². The van der Waals surface area contributed by atoms with Crippen LogP contribution in [0.25, 0.3) is 0 Å². The second-order valence-electron chi connectivity index (χ2n) is 13.6. The fourth-order valence-corrected chi connectivity index (χ4v) is 11.5. The van der Waals surface area contributed by atoms with Crippen molar-refractivity contribution in [2.75, 3.05) is 0 Å². The molecule has 4 fully saturated rings. The van der Waals surface area contributed by atoms with E-state index in [1.165, 1.54) is 44.1 Å². The molecule has 37 heavy (non-hydrogen) atoms. The maximum Gasteiger partial charge on any atom is 0.297 e. The molecule has 4 nitrogen and oxygen atoms in total. The van der Waals surface area contributed by atoms with Gasteiger partial charge in [-0.05, 0) is 118 Å². The zero-order chi connectivity index (χ0) is 26.2. The lowest BCUT2D eigenvalue weighted by atomic mass is 9.44. The number of ketones is 1. The summed E-state index contributed by atoms with van der Waals surface area (Å²) in [6.07, 6.45) is 14.2. The highest BCUT2D eigenvalue weighted by Crippen LogP contribution is 2.73. The predicted molar refractivity (Wildman–Crippen MR) is 145 cm³/mol. The van der Waals surface area contributed by atoms with Gasteiger partial charge in [-0.25, -0.2) is 0 Å². The lowest BCUT2D eigenvalue weighted by Gasteiger charge is -2.60. The van der Waals surface area contributed by atoms with Gasteiger partial charge in [0.25, 0.3) is 10.1 Å². The highest BCUT2D eigenvalue weighted by molar-refractivity contribution is 7.86. The third kappa shape index (κ3) is 3.69. The minimum atomic E-state index is -3.76. The molecule has 8 atom stereocenters. The average molecular weight is 525 g/mol. The number of benzene rings is 1. The van der Waals surface area contributed by atoms with Crippen LogP contribution in [0.1, 0.15) is 97.0 Å². The average Bonchev–Trinajstić information content (AvgIpc) is 3.14. The Hall–Kier alpha value is -1.46. The van der Waals surface area contributed by atoms with E-state index in [1.54, 1.807) is 12.1 Å². The van der Waals surface area contributed by atoms with Gasteiger partial charge in [0.1, 0.15) is 5.78 Å². The number of hydrogen-bond donors (Lipinski definition) is 0. The van der Waals surface area contributed by atoms with Crippen LogP contribution in [0.2, 0.25) is 0 Å². The van der Waals surface area contributed by atoms with Crippen LogP contribution >= 0.6 is 0 Å². The summed E-state index contributed by atoms with van der Waals surface area (Å²) in [7, 11) is -3.76. The van der Waals surface area contributed by atoms with Crippen molar-refractivity contribution in [3.63, 3.8) is 0 Å². The molecule has 5 aliphatic carbocycles. The quantitative estimate of drug-likeness (QED) is 0.304. The lowest BCUT2D eigenvalue weighted by Crippen LogP contribution is -2.55. The lowest BCUT2D eigenvalue weighted by molar-refractivity contribution is -0.147. The molecule has 0 saturated heterocycles. The Morgan fingerprint density at radius 2 is 1.73 bits per heavy atom. The fourth-order valence-electron chi connectivity index (χ4n) is 10.4. The summed E-state index contributed by atoms with van der Waals surface area (Å²) in [4.78, 5) is 13.6. The Morgan fingerprint density at radius 1 is 0.973 bits per heavy atom. The summed E-state index contributed by atoms with van der Waals surface area (Å²) in [5.74, 6) is 2.93. The van der Waals surface area contributed by atoms with Gasteiger partial charge < -0.3 is 0 Å². The van der Waals surface area contributed by atoms with Crippen molar-refractivity contribution in [3.05, 3.63) is 41.5 Å². The highest BCUT2D eigenvalue weighted by atomic mass is 32.2. The predicted octanol–water partition coefficient (Wildman–Crippen LogP) is 7.41. The van der Waals surface area contributed by atoms with Crippen molar-refractivity contribution in [2.45, 2.75) is 109 Å². The Kier molecular flexibility index (Phi) is 6.12. The van der Waals surface area contributed by atoms with Crippen LogP contribution in [0, 0.1) is 46.8 Å². The van der Waals surface area contributed by atoms with Gasteiger partial charge in [0.2, 0.25) is 0 Å². The van der Waals surface area contributed by atoms with Crippen LogP contribution in [-0.2, 0) is 19.1 Å². The normalized spacial score (nSPS) is 43.1. The van der Waals surface area contributed by atoms with E-state index in [1.807, 2.05) is 26.0 Å². The third-order valence-corrected chi connectivity index (χ3v) is 13.7. The number of rotatable bonds is 4. The molecule has 0 N–H and O–H groups in total. The smallest absolute Gasteiger partial charge is 0.297 e. The molecule has 4 saturated carbocycles. The van der Waals surface area contributed by atoms with E-state index < -0.39 is 10.1 Å². The molecule has 5 heteroatoms. The molecular formula is C32H44O4S. The van der Waals surface area contributed by atoms with E-state index in [0.29, 0.717) is 35.9 Å². The molecule has 202 valence electrons. The van der Waals surface area contributed by atoms with Gasteiger partial charge >= 0.3 is 0 Å². The first kappa shape index (κ1) is 25.8. The molecule has 1 aromatic rings. The first-order valence-electron chi connectivity index (χ1n) is 14.7. The maximum atomic E-state index is 13.3. The Morgan fingerprint density at radius 3 is 2.46 bits per heavy atom. The standard InChI is InChI=1S/C32H44O4S/c1-21-8-11-26(12-9-21)37(34,35)36-25-14-17-30(3)23(19-25)10-13-27-28(30)15-18-31(4)29(27)20-24-7-5-6-16-32(24,31)22(2)33/h8-12,24-25,27-29H,5-7,13-20H2,1-4H3/t24-,25-,27-,28-,29-,30+,31+,32-/m1/s1. The van der Waals surface area contributed by atoms with Crippen LogP contribution in [0.4, 0.5) is 0 Å². The molecule has 0 aromatic heterocycles. The summed E-state index contributed by atoms with van der Waals surface area (Å²) >= 11 is 0. The van der Waals surface area contributed by atoms with Gasteiger partial charge in [0.05, 0.1) is 11.0 Å². The molecule has 0 radical (unpaired) electrons. The van der Waals surface area contributed by atoms with E-state index in [-0.39, 0.29) is 27.2 Å². The van der Waals surface area contributed by atoms with Crippen LogP contribution < -0.4 is 0 Å². The monoisotopic (exact) mass is 524 g/mol. The van der Waals surface area contributed by atoms with Crippen molar-refractivity contribution in [2.24, 2.45) is 39.9 Å². The van der Waals surface area contributed by atoms with E-state index in [9.17, 15) is 13.2 Å². The molecular weight excluding hydrogens is 480 g/mol. The van der Waals surface area contributed by atoms with Crippen LogP contribution in [-0.4, -0.2) is 20.3 Å². The summed E-state index contributed by atoms with van der Waals surface area (Å²) in [5, 5.41) is 0. The van der Waals surface area contributed by atoms with Crippen LogP contribution in [0.3, 0.4) is 0 Å². The van der Waals surface area contributed by atoms with E-state index in [0.717, 1.165) is 31.2 Å². The number of allylic oxidation sites excluding steroid dienone is 1. The second-order valence-corrected chi connectivity index (χ2v) is 15.2. The highest BCUT2D eigenvalue weighted by Gasteiger charge is 2.68. The third-order valence-electron chi connectivity index (χ3n) is 12.3. The Balaban J connectivity index is 1.24. The SMILES string of the molecule is CC(=O)[C@]12CCCC[C@@H]1C[C@@H]1[C@@H]3CC=C4C[C@H](OS(=O)(=O)c5ccc(C)cc5)CC[C@]4(C)[C@@H]3CC[C@@]12C. The minimum Gasteiger partial charge on any atom is -0.299 e. The number of hydrogen-bond acceptors (Lipinski definition) is 4. The molecule has 1 aromatic carbocycles. The van der Waals surface area contributed by atoms with Crippen LogP contribution in [0.5, 0.6) is 0 Å². The zero-order valence-electron chi connectivity index (χ0n) is 23.1. The summed E-state index contributed by atoms with van der Waals surface area (Å²) < 4.78 is 31.8. The maximum absolute atomic E-state index is 13.3. The molecule has 0 aliphatic heterocycles. The summed E-state index contributed by atoms with van der Waals surface area (Å²) in [6.45, 7) is 8.79. The van der Waals surface area contributed by atoms with Crippen molar-refractivity contribution in [3.8, 4) is 0 Å². The number of aryl methyl sites for hydroxylation is 1. The summed E-state index contributed by atoms with van der Waals surface area (Å²) in [6, 6.07) is 6.94. The van der Waals surface area contributed by atoms with Crippen molar-refractivity contribution in [1.29, 1.82) is 0 Å². The van der Waals surface area contributed by atoms with Gasteiger partial charge in [0, 0.05) is 5.41 Å². The van der Waals surface area contributed by atoms with Gasteiger partial charge in [0.15, 0.2) is 0 Å². The molecule has 0 unspecified atom stereocenters. The fraction of sp³-hybridized carbons (Fsp3) is 0.719. The minimum absolute atomic E-state index is 0.0956. The Bertz CT molecular complexity index is 1220. The van der Waals surface area contributed by atoms with Crippen molar-refractivity contribution >= 4 is 15.9 Å². The number of Topliss-reactive ketones (excluding diaryl/α,β-unsaturated/α-hetero) is 1. The van der Waals surface area contributed by atoms with Crippen LogP contribution in [0.15, 0.2) is 40.8 Å². The molecule has 0 bridgehead atoms. The molecule has 0 spiro atoms. The largest absolute Gasteiger partial charge is 0.299 e. The first-order valence-corrected chi connectivity index (χ1v) is 16.1. The second kappa shape index (κ2) is 8.78. The van der Waals surface area contributed by atoms with Gasteiger partial charge in [-0.1, -0.05) is 56.0 Å². The topological polar surface area (TPSA) is 60.4 Å². The van der Waals surface area contributed by atoms with E-state index in [2.05, 4.69) is 19.9 Å². The number of fused-ring (bicyclic) bond motifs is 7. The van der Waals surface area contributed by atoms with Gasteiger partial charge in [-0.2, -0.15) is 8.42 Å². The molecule has 5 aliphatic rings. The molecule has 6 rings (SSSR count). The van der Waals surface area contributed by atoms with E-state index in [4.69, 9.17) is 4.18 Å². The zero-order valence-corrected chi connectivity index (χ0v) is 23.9. The van der Waals surface area contributed by atoms with Gasteiger partial charge in [-0.3, -0.25) is 8.98 Å². The molecule has 0 amide bonds. The Labute approximate surface area is 223 Å². The van der Waals surface area contributed by atoms with Crippen molar-refractivity contribution < 1.29 is 17.4 Å². The first-order chi connectivity index (χ1) is 17.5.